The monoisotopic (exact) mass is 888 g/mol. The smallest absolute Gasteiger partial charge is 0.415 e. The lowest BCUT2D eigenvalue weighted by Crippen LogP contribution is -2.70. The van der Waals surface area contributed by atoms with Crippen LogP contribution in [-0.4, -0.2) is 75.0 Å². The van der Waals surface area contributed by atoms with E-state index in [1.807, 2.05) is 74.5 Å². The van der Waals surface area contributed by atoms with Crippen molar-refractivity contribution in [3.8, 4) is 17.2 Å². The Bertz CT molecular complexity index is 2300. The van der Waals surface area contributed by atoms with Crippen LogP contribution in [0.2, 0.25) is 0 Å². The number of carbonyl (C=O) groups excluding carboxylic acids is 1. The second-order valence-electron chi connectivity index (χ2n) is 16.9. The summed E-state index contributed by atoms with van der Waals surface area (Å²) in [6, 6.07) is 26.0. The van der Waals surface area contributed by atoms with Crippen LogP contribution in [0.25, 0.3) is 0 Å². The fourth-order valence-corrected chi connectivity index (χ4v) is 9.74. The Morgan fingerprint density at radius 3 is 2.45 bits per heavy atom. The summed E-state index contributed by atoms with van der Waals surface area (Å²) in [7, 11) is 0. The van der Waals surface area contributed by atoms with Crippen molar-refractivity contribution in [2.45, 2.75) is 96.2 Å². The summed E-state index contributed by atoms with van der Waals surface area (Å²) < 4.78 is 26.9. The molecule has 0 radical (unpaired) electrons. The molecule has 2 aliphatic carbocycles. The number of nitro groups is 1. The van der Waals surface area contributed by atoms with Crippen molar-refractivity contribution in [1.82, 2.24) is 9.88 Å². The van der Waals surface area contributed by atoms with Gasteiger partial charge in [-0.15, -0.1) is 6.58 Å². The standard InChI is InChI=1S/C51H60N4O10/c1-4-26-54(50(58)64-40-22-20-39(21-23-40)55(59)60)47-32-45(53-63-33-36-15-7-6-8-16-36)43-30-37(17-9-11-27-56)42(19-10-12-28-57)48-44-31-41(61-34-38-18-13-14-35(3)52-38)24-25-46(44)65-51(47,49(43)48)62-29-5-2/h5-8,13-16,18,20-25,30-31,37,42,47-49,56-57H,2,4,9-12,17,19,26-29,32-34H2,1,3H3. The maximum Gasteiger partial charge on any atom is 0.415 e. The highest BCUT2D eigenvalue weighted by atomic mass is 16.7. The number of nitrogens with zero attached hydrogens (tertiary/aromatic N) is 4. The summed E-state index contributed by atoms with van der Waals surface area (Å²) >= 11 is 0. The number of hydrogen-bond donors (Lipinski definition) is 2. The highest BCUT2D eigenvalue weighted by Gasteiger charge is 2.65. The number of carbonyl (C=O) groups is 1. The first kappa shape index (κ1) is 46.9. The molecule has 14 heteroatoms. The third kappa shape index (κ3) is 10.9. The Morgan fingerprint density at radius 1 is 0.985 bits per heavy atom. The summed E-state index contributed by atoms with van der Waals surface area (Å²) in [5.74, 6) is -0.885. The Balaban J connectivity index is 1.40. The number of unbranched alkanes of at least 4 members (excludes halogenated alkanes) is 2. The number of fused-ring (bicyclic) bond motifs is 2. The fraction of sp³-hybridized carbons (Fsp3) is 0.431. The van der Waals surface area contributed by atoms with Gasteiger partial charge in [-0.25, -0.2) is 4.79 Å². The van der Waals surface area contributed by atoms with Crippen molar-refractivity contribution in [3.63, 3.8) is 0 Å². The van der Waals surface area contributed by atoms with Crippen LogP contribution in [0.3, 0.4) is 0 Å². The summed E-state index contributed by atoms with van der Waals surface area (Å²) in [6.45, 7) is 8.91. The molecular weight excluding hydrogens is 829 g/mol. The first-order valence-corrected chi connectivity index (χ1v) is 22.7. The number of benzene rings is 3. The number of non-ortho nitro benzene ring substituents is 1. The average Bonchev–Trinajstić information content (AvgIpc) is 3.31. The molecule has 0 spiro atoms. The van der Waals surface area contributed by atoms with Gasteiger partial charge in [0.15, 0.2) is 0 Å². The van der Waals surface area contributed by atoms with Crippen molar-refractivity contribution >= 4 is 17.5 Å². The lowest BCUT2D eigenvalue weighted by Gasteiger charge is -2.59. The van der Waals surface area contributed by atoms with Crippen LogP contribution in [0.15, 0.2) is 120 Å². The van der Waals surface area contributed by atoms with E-state index < -0.39 is 28.8 Å². The number of rotatable bonds is 22. The van der Waals surface area contributed by atoms with Gasteiger partial charge >= 0.3 is 6.09 Å². The largest absolute Gasteiger partial charge is 0.487 e. The number of aromatic nitrogens is 1. The van der Waals surface area contributed by atoms with E-state index in [0.717, 1.165) is 53.8 Å². The predicted molar refractivity (Wildman–Crippen MR) is 246 cm³/mol. The zero-order valence-corrected chi connectivity index (χ0v) is 37.3. The number of aliphatic hydroxyl groups is 2. The number of aliphatic hydroxyl groups excluding tert-OH is 2. The highest BCUT2D eigenvalue weighted by molar-refractivity contribution is 6.03. The van der Waals surface area contributed by atoms with Crippen LogP contribution < -0.4 is 14.2 Å². The molecule has 14 nitrogen and oxygen atoms in total. The maximum atomic E-state index is 14.7. The van der Waals surface area contributed by atoms with Crippen LogP contribution in [-0.2, 0) is 22.8 Å². The molecule has 1 aromatic heterocycles. The maximum absolute atomic E-state index is 14.7. The number of amides is 1. The van der Waals surface area contributed by atoms with E-state index in [4.69, 9.17) is 28.9 Å². The second-order valence-corrected chi connectivity index (χ2v) is 16.9. The molecule has 0 saturated heterocycles. The number of aryl methyl sites for hydroxylation is 1. The summed E-state index contributed by atoms with van der Waals surface area (Å²) in [5, 5.41) is 36.3. The third-order valence-electron chi connectivity index (χ3n) is 12.6. The second kappa shape index (κ2) is 22.2. The van der Waals surface area contributed by atoms with Crippen LogP contribution >= 0.6 is 0 Å². The van der Waals surface area contributed by atoms with Crippen molar-refractivity contribution < 1.29 is 43.7 Å². The molecule has 7 rings (SSSR count). The number of allylic oxidation sites excluding steroid dienone is 1. The lowest BCUT2D eigenvalue weighted by molar-refractivity contribution is -0.384. The van der Waals surface area contributed by atoms with Crippen molar-refractivity contribution in [2.24, 2.45) is 22.9 Å². The molecule has 344 valence electrons. The van der Waals surface area contributed by atoms with Crippen molar-refractivity contribution in [2.75, 3.05) is 26.4 Å². The van der Waals surface area contributed by atoms with Crippen molar-refractivity contribution in [3.05, 3.63) is 148 Å². The Labute approximate surface area is 380 Å². The molecule has 65 heavy (non-hydrogen) atoms. The van der Waals surface area contributed by atoms with Gasteiger partial charge < -0.3 is 34.0 Å². The SMILES string of the molecule is C=CCOC12Oc3ccc(OCc4cccc(C)n4)cc3C3C(CCCCO)C(CCCCO)C=C(C(=NOCc4ccccc4)CC1N(CCC)C(=O)Oc1ccc([N+](=O)[O-])cc1)C32. The van der Waals surface area contributed by atoms with Gasteiger partial charge in [-0.05, 0) is 104 Å². The quantitative estimate of drug-likeness (QED) is 0.0333. The molecule has 1 fully saturated rings. The van der Waals surface area contributed by atoms with E-state index in [-0.39, 0.29) is 75.2 Å². The van der Waals surface area contributed by atoms with E-state index >= 15 is 0 Å². The van der Waals surface area contributed by atoms with Gasteiger partial charge in [0.1, 0.15) is 36.5 Å². The van der Waals surface area contributed by atoms with E-state index in [2.05, 4.69) is 23.7 Å². The topological polar surface area (TPSA) is 175 Å². The molecule has 6 atom stereocenters. The highest BCUT2D eigenvalue weighted by Crippen LogP contribution is 2.62. The Kier molecular flexibility index (Phi) is 16.0. The van der Waals surface area contributed by atoms with Crippen LogP contribution in [0.1, 0.15) is 86.7 Å². The Morgan fingerprint density at radius 2 is 1.74 bits per heavy atom. The molecule has 1 saturated carbocycles. The number of hydrogen-bond acceptors (Lipinski definition) is 12. The first-order valence-electron chi connectivity index (χ1n) is 22.7. The molecule has 1 amide bonds. The van der Waals surface area contributed by atoms with Gasteiger partial charge in [0.05, 0.1) is 28.9 Å². The minimum absolute atomic E-state index is 0.00830. The average molecular weight is 889 g/mol. The number of nitro benzene ring substituents is 1. The number of oxime groups is 1. The van der Waals surface area contributed by atoms with Crippen molar-refractivity contribution in [1.29, 1.82) is 0 Å². The first-order chi connectivity index (χ1) is 31.7. The molecule has 2 heterocycles. The zero-order valence-electron chi connectivity index (χ0n) is 37.3. The van der Waals surface area contributed by atoms with Gasteiger partial charge in [-0.1, -0.05) is 73.5 Å². The van der Waals surface area contributed by atoms with Gasteiger partial charge in [0, 0.05) is 55.5 Å². The summed E-state index contributed by atoms with van der Waals surface area (Å²) in [5.41, 5.74) is 4.98. The zero-order chi connectivity index (χ0) is 45.8. The predicted octanol–water partition coefficient (Wildman–Crippen LogP) is 9.62. The minimum atomic E-state index is -1.50. The summed E-state index contributed by atoms with van der Waals surface area (Å²) in [4.78, 5) is 38.1. The minimum Gasteiger partial charge on any atom is -0.487 e. The molecule has 6 unspecified atom stereocenters. The van der Waals surface area contributed by atoms with E-state index in [1.165, 1.54) is 24.3 Å². The number of ether oxygens (including phenoxy) is 4. The van der Waals surface area contributed by atoms with E-state index in [0.29, 0.717) is 36.5 Å². The lowest BCUT2D eigenvalue weighted by atomic mass is 9.55. The molecule has 3 aromatic carbocycles. The molecule has 4 aromatic rings. The summed E-state index contributed by atoms with van der Waals surface area (Å²) in [6.07, 6.45) is 8.44. The fourth-order valence-electron chi connectivity index (χ4n) is 9.74. The van der Waals surface area contributed by atoms with Crippen LogP contribution in [0.4, 0.5) is 10.5 Å². The van der Waals surface area contributed by atoms with Gasteiger partial charge in [-0.2, -0.15) is 0 Å². The van der Waals surface area contributed by atoms with Crippen LogP contribution in [0, 0.1) is 34.8 Å². The molecular formula is C51H60N4O10. The molecule has 0 bridgehead atoms. The van der Waals surface area contributed by atoms with E-state index in [1.54, 1.807) is 11.0 Å². The van der Waals surface area contributed by atoms with Gasteiger partial charge in [0.25, 0.3) is 5.69 Å². The third-order valence-corrected chi connectivity index (χ3v) is 12.6. The van der Waals surface area contributed by atoms with E-state index in [9.17, 15) is 25.1 Å². The van der Waals surface area contributed by atoms with Gasteiger partial charge in [-0.3, -0.25) is 20.0 Å². The van der Waals surface area contributed by atoms with Gasteiger partial charge in [0.2, 0.25) is 5.79 Å². The van der Waals surface area contributed by atoms with Crippen LogP contribution in [0.5, 0.6) is 17.2 Å². The molecule has 1 aliphatic heterocycles. The Hall–Kier alpha value is -6.09. The molecule has 3 aliphatic rings. The normalized spacial score (nSPS) is 22.4. The molecule has 2 N–H and O–H groups in total. The number of pyridine rings is 1.